The molecule has 0 amide bonds. The molecule has 2 N–H and O–H groups in total. The van der Waals surface area contributed by atoms with Crippen molar-refractivity contribution in [2.45, 2.75) is 31.3 Å². The average Bonchev–Trinajstić information content (AvgIpc) is 2.79. The normalized spacial score (nSPS) is 13.5. The zero-order valence-electron chi connectivity index (χ0n) is 19.2. The van der Waals surface area contributed by atoms with Crippen molar-refractivity contribution in [3.63, 3.8) is 0 Å². The molecule has 0 aliphatic carbocycles. The van der Waals surface area contributed by atoms with E-state index in [-0.39, 0.29) is 10.9 Å². The SMILES string of the molecule is CCN(CC)C(CNC(=NC)NCc1ccc(S(=O)(=O)N(C)C)cc1)c1ccccc1. The van der Waals surface area contributed by atoms with E-state index in [1.165, 1.54) is 24.0 Å². The van der Waals surface area contributed by atoms with Crippen LogP contribution >= 0.6 is 0 Å². The van der Waals surface area contributed by atoms with Crippen molar-refractivity contribution >= 4 is 16.0 Å². The third-order valence-corrected chi connectivity index (χ3v) is 7.12. The molecule has 0 saturated heterocycles. The van der Waals surface area contributed by atoms with Crippen molar-refractivity contribution in [2.24, 2.45) is 4.99 Å². The summed E-state index contributed by atoms with van der Waals surface area (Å²) in [6.45, 7) is 7.55. The average molecular weight is 446 g/mol. The molecule has 170 valence electrons. The number of hydrogen-bond donors (Lipinski definition) is 2. The first-order chi connectivity index (χ1) is 14.8. The molecule has 7 nitrogen and oxygen atoms in total. The van der Waals surface area contributed by atoms with Gasteiger partial charge >= 0.3 is 0 Å². The minimum Gasteiger partial charge on any atom is -0.354 e. The van der Waals surface area contributed by atoms with Gasteiger partial charge in [-0.1, -0.05) is 56.3 Å². The molecule has 0 aromatic heterocycles. The van der Waals surface area contributed by atoms with Gasteiger partial charge in [0.15, 0.2) is 5.96 Å². The predicted molar refractivity (Wildman–Crippen MR) is 128 cm³/mol. The molecular weight excluding hydrogens is 410 g/mol. The summed E-state index contributed by atoms with van der Waals surface area (Å²) in [5.74, 6) is 0.707. The molecule has 0 fully saturated rings. The van der Waals surface area contributed by atoms with E-state index in [1.54, 1.807) is 19.2 Å². The second-order valence-electron chi connectivity index (χ2n) is 7.39. The Morgan fingerprint density at radius 1 is 0.968 bits per heavy atom. The fourth-order valence-electron chi connectivity index (χ4n) is 3.39. The quantitative estimate of drug-likeness (QED) is 0.434. The number of nitrogens with one attached hydrogen (secondary N) is 2. The molecule has 2 aromatic rings. The molecular formula is C23H35N5O2S. The molecule has 31 heavy (non-hydrogen) atoms. The van der Waals surface area contributed by atoms with E-state index >= 15 is 0 Å². The number of rotatable bonds is 10. The number of likely N-dealkylation sites (N-methyl/N-ethyl adjacent to an activating group) is 1. The van der Waals surface area contributed by atoms with Crippen LogP contribution in [0, 0.1) is 0 Å². The molecule has 1 unspecified atom stereocenters. The highest BCUT2D eigenvalue weighted by Gasteiger charge is 2.18. The number of sulfonamides is 1. The molecule has 0 aliphatic rings. The van der Waals surface area contributed by atoms with Gasteiger partial charge in [-0.05, 0) is 36.3 Å². The molecule has 0 saturated carbocycles. The van der Waals surface area contributed by atoms with Crippen molar-refractivity contribution in [3.05, 3.63) is 65.7 Å². The molecule has 2 aromatic carbocycles. The Morgan fingerprint density at radius 3 is 2.10 bits per heavy atom. The summed E-state index contributed by atoms with van der Waals surface area (Å²) in [5.41, 5.74) is 2.25. The largest absolute Gasteiger partial charge is 0.354 e. The Labute approximate surface area is 187 Å². The highest BCUT2D eigenvalue weighted by Crippen LogP contribution is 2.19. The standard InChI is InChI=1S/C23H35N5O2S/c1-6-28(7-2)22(20-11-9-8-10-12-20)18-26-23(24-3)25-17-19-13-15-21(16-14-19)31(29,30)27(4)5/h8-16,22H,6-7,17-18H2,1-5H3,(H2,24,25,26). The summed E-state index contributed by atoms with van der Waals surface area (Å²) in [4.78, 5) is 7.04. The third-order valence-electron chi connectivity index (χ3n) is 5.29. The Kier molecular flexibility index (Phi) is 9.48. The van der Waals surface area contributed by atoms with Gasteiger partial charge in [0, 0.05) is 34.2 Å². The Bertz CT molecular complexity index is 924. The first-order valence-electron chi connectivity index (χ1n) is 10.6. The predicted octanol–water partition coefficient (Wildman–Crippen LogP) is 2.69. The molecule has 0 radical (unpaired) electrons. The third kappa shape index (κ3) is 6.78. The van der Waals surface area contributed by atoms with Crippen molar-refractivity contribution in [1.82, 2.24) is 19.8 Å². The van der Waals surface area contributed by atoms with Crippen LogP contribution in [0.4, 0.5) is 0 Å². The maximum Gasteiger partial charge on any atom is 0.242 e. The van der Waals surface area contributed by atoms with Crippen molar-refractivity contribution in [2.75, 3.05) is 40.8 Å². The van der Waals surface area contributed by atoms with E-state index in [2.05, 4.69) is 58.6 Å². The van der Waals surface area contributed by atoms with E-state index in [0.29, 0.717) is 12.5 Å². The van der Waals surface area contributed by atoms with E-state index in [0.717, 1.165) is 25.2 Å². The van der Waals surface area contributed by atoms with Crippen LogP contribution in [0.1, 0.15) is 31.0 Å². The Hall–Kier alpha value is -2.42. The monoisotopic (exact) mass is 445 g/mol. The molecule has 8 heteroatoms. The Morgan fingerprint density at radius 2 is 1.58 bits per heavy atom. The van der Waals surface area contributed by atoms with Gasteiger partial charge in [-0.25, -0.2) is 12.7 Å². The molecule has 1 atom stereocenters. The minimum atomic E-state index is -3.42. The van der Waals surface area contributed by atoms with Gasteiger partial charge in [-0.15, -0.1) is 0 Å². The number of nitrogens with zero attached hydrogens (tertiary/aromatic N) is 3. The van der Waals surface area contributed by atoms with Crippen LogP contribution in [-0.4, -0.2) is 64.4 Å². The summed E-state index contributed by atoms with van der Waals surface area (Å²) < 4.78 is 25.6. The fraction of sp³-hybridized carbons (Fsp3) is 0.435. The maximum absolute atomic E-state index is 12.2. The second-order valence-corrected chi connectivity index (χ2v) is 9.54. The maximum atomic E-state index is 12.2. The van der Waals surface area contributed by atoms with Crippen LogP contribution in [0.15, 0.2) is 64.5 Å². The lowest BCUT2D eigenvalue weighted by molar-refractivity contribution is 0.219. The summed E-state index contributed by atoms with van der Waals surface area (Å²) >= 11 is 0. The Balaban J connectivity index is 2.00. The van der Waals surface area contributed by atoms with Gasteiger partial charge in [0.05, 0.1) is 10.9 Å². The van der Waals surface area contributed by atoms with E-state index in [9.17, 15) is 8.42 Å². The zero-order chi connectivity index (χ0) is 22.9. The number of benzene rings is 2. The smallest absolute Gasteiger partial charge is 0.242 e. The van der Waals surface area contributed by atoms with Crippen LogP contribution < -0.4 is 10.6 Å². The molecule has 0 aliphatic heterocycles. The van der Waals surface area contributed by atoms with Crippen molar-refractivity contribution in [1.29, 1.82) is 0 Å². The minimum absolute atomic E-state index is 0.241. The molecule has 0 heterocycles. The molecule has 0 bridgehead atoms. The lowest BCUT2D eigenvalue weighted by Gasteiger charge is -2.30. The van der Waals surface area contributed by atoms with Gasteiger partial charge in [-0.2, -0.15) is 0 Å². The van der Waals surface area contributed by atoms with Crippen LogP contribution in [0.25, 0.3) is 0 Å². The number of hydrogen-bond acceptors (Lipinski definition) is 4. The lowest BCUT2D eigenvalue weighted by Crippen LogP contribution is -2.43. The van der Waals surface area contributed by atoms with Crippen molar-refractivity contribution < 1.29 is 8.42 Å². The van der Waals surface area contributed by atoms with Gasteiger partial charge in [0.1, 0.15) is 0 Å². The summed E-state index contributed by atoms with van der Waals surface area (Å²) in [6.07, 6.45) is 0. The van der Waals surface area contributed by atoms with Gasteiger partial charge in [0.25, 0.3) is 0 Å². The molecule has 2 rings (SSSR count). The summed E-state index contributed by atoms with van der Waals surface area (Å²) in [7, 11) is 1.39. The fourth-order valence-corrected chi connectivity index (χ4v) is 4.29. The lowest BCUT2D eigenvalue weighted by atomic mass is 10.1. The van der Waals surface area contributed by atoms with Crippen LogP contribution in [0.5, 0.6) is 0 Å². The van der Waals surface area contributed by atoms with E-state index < -0.39 is 10.0 Å². The topological polar surface area (TPSA) is 77.0 Å². The van der Waals surface area contributed by atoms with Gasteiger partial charge in [0.2, 0.25) is 10.0 Å². The van der Waals surface area contributed by atoms with Crippen LogP contribution in [0.3, 0.4) is 0 Å². The highest BCUT2D eigenvalue weighted by atomic mass is 32.2. The van der Waals surface area contributed by atoms with Crippen molar-refractivity contribution in [3.8, 4) is 0 Å². The zero-order valence-corrected chi connectivity index (χ0v) is 20.0. The van der Waals surface area contributed by atoms with Gasteiger partial charge in [-0.3, -0.25) is 9.89 Å². The molecule has 0 spiro atoms. The number of guanidine groups is 1. The van der Waals surface area contributed by atoms with Crippen LogP contribution in [-0.2, 0) is 16.6 Å². The first-order valence-corrected chi connectivity index (χ1v) is 12.0. The first kappa shape index (κ1) is 24.8. The summed E-state index contributed by atoms with van der Waals surface area (Å²) in [6, 6.07) is 17.6. The summed E-state index contributed by atoms with van der Waals surface area (Å²) in [5, 5.41) is 6.74. The number of aliphatic imine (C=N–C) groups is 1. The van der Waals surface area contributed by atoms with Crippen LogP contribution in [0.2, 0.25) is 0 Å². The van der Waals surface area contributed by atoms with E-state index in [4.69, 9.17) is 0 Å². The highest BCUT2D eigenvalue weighted by molar-refractivity contribution is 7.89. The van der Waals surface area contributed by atoms with Gasteiger partial charge < -0.3 is 10.6 Å². The van der Waals surface area contributed by atoms with E-state index in [1.807, 2.05) is 18.2 Å². The second kappa shape index (κ2) is 11.8.